The molecule has 0 aromatic heterocycles. The van der Waals surface area contributed by atoms with Gasteiger partial charge in [-0.15, -0.1) is 0 Å². The fourth-order valence-corrected chi connectivity index (χ4v) is 3.30. The molecule has 2 aliphatic carbocycles. The highest BCUT2D eigenvalue weighted by Gasteiger charge is 2.36. The predicted molar refractivity (Wildman–Crippen MR) is 84.6 cm³/mol. The van der Waals surface area contributed by atoms with Gasteiger partial charge in [0.1, 0.15) is 6.54 Å². The van der Waals surface area contributed by atoms with E-state index in [0.717, 1.165) is 19.4 Å². The molecule has 0 bridgehead atoms. The molecule has 0 unspecified atom stereocenters. The van der Waals surface area contributed by atoms with Crippen molar-refractivity contribution in [3.63, 3.8) is 0 Å². The summed E-state index contributed by atoms with van der Waals surface area (Å²) in [5, 5.41) is 2.98. The van der Waals surface area contributed by atoms with E-state index in [4.69, 9.17) is 0 Å². The van der Waals surface area contributed by atoms with E-state index in [1.54, 1.807) is 4.90 Å². The average molecular weight is 308 g/mol. The van der Waals surface area contributed by atoms with Crippen LogP contribution in [0.1, 0.15) is 39.5 Å². The van der Waals surface area contributed by atoms with Crippen molar-refractivity contribution < 1.29 is 9.59 Å². The molecule has 1 N–H and O–H groups in total. The largest absolute Gasteiger partial charge is 0.337 e. The molecular formula is C16H28N4O2. The molecule has 3 amide bonds. The van der Waals surface area contributed by atoms with Crippen LogP contribution in [0.25, 0.3) is 0 Å². The van der Waals surface area contributed by atoms with Crippen molar-refractivity contribution >= 4 is 11.9 Å². The number of amides is 3. The quantitative estimate of drug-likeness (QED) is 0.792. The second-order valence-corrected chi connectivity index (χ2v) is 7.03. The van der Waals surface area contributed by atoms with Crippen LogP contribution in [0.15, 0.2) is 0 Å². The van der Waals surface area contributed by atoms with Gasteiger partial charge in [-0.2, -0.15) is 0 Å². The van der Waals surface area contributed by atoms with E-state index in [1.165, 1.54) is 12.8 Å². The Labute approximate surface area is 132 Å². The van der Waals surface area contributed by atoms with Crippen LogP contribution >= 0.6 is 0 Å². The van der Waals surface area contributed by atoms with Crippen molar-refractivity contribution in [2.75, 3.05) is 32.7 Å². The van der Waals surface area contributed by atoms with Crippen molar-refractivity contribution in [2.24, 2.45) is 0 Å². The molecule has 22 heavy (non-hydrogen) atoms. The van der Waals surface area contributed by atoms with Gasteiger partial charge in [-0.25, -0.2) is 4.79 Å². The lowest BCUT2D eigenvalue weighted by molar-refractivity contribution is -0.135. The zero-order valence-electron chi connectivity index (χ0n) is 13.8. The van der Waals surface area contributed by atoms with Gasteiger partial charge in [0.05, 0.1) is 0 Å². The van der Waals surface area contributed by atoms with Crippen LogP contribution in [0.2, 0.25) is 0 Å². The molecule has 1 aliphatic heterocycles. The SMILES string of the molecule is CC(C)N(CCNC(=O)N1CCN(C2CC2)C(=O)C1)C1CC1. The topological polar surface area (TPSA) is 55.9 Å². The fourth-order valence-electron chi connectivity index (χ4n) is 3.30. The first-order valence-electron chi connectivity index (χ1n) is 8.64. The smallest absolute Gasteiger partial charge is 0.317 e. The lowest BCUT2D eigenvalue weighted by atomic mass is 10.3. The second-order valence-electron chi connectivity index (χ2n) is 7.03. The van der Waals surface area contributed by atoms with Crippen LogP contribution in [-0.2, 0) is 4.79 Å². The lowest BCUT2D eigenvalue weighted by Gasteiger charge is -2.34. The van der Waals surface area contributed by atoms with E-state index in [1.807, 2.05) is 4.90 Å². The third kappa shape index (κ3) is 3.72. The summed E-state index contributed by atoms with van der Waals surface area (Å²) in [5.41, 5.74) is 0. The summed E-state index contributed by atoms with van der Waals surface area (Å²) in [6.07, 6.45) is 4.82. The predicted octanol–water partition coefficient (Wildman–Crippen LogP) is 0.875. The summed E-state index contributed by atoms with van der Waals surface area (Å²) in [6.45, 7) is 7.54. The molecule has 2 saturated carbocycles. The van der Waals surface area contributed by atoms with Crippen LogP contribution in [-0.4, -0.2) is 77.5 Å². The van der Waals surface area contributed by atoms with Gasteiger partial charge < -0.3 is 15.1 Å². The number of rotatable bonds is 6. The van der Waals surface area contributed by atoms with E-state index >= 15 is 0 Å². The van der Waals surface area contributed by atoms with Crippen molar-refractivity contribution in [1.82, 2.24) is 20.0 Å². The minimum absolute atomic E-state index is 0.0942. The van der Waals surface area contributed by atoms with E-state index in [2.05, 4.69) is 24.1 Å². The molecule has 0 atom stereocenters. The molecule has 0 radical (unpaired) electrons. The number of carbonyl (C=O) groups excluding carboxylic acids is 2. The highest BCUT2D eigenvalue weighted by Crippen LogP contribution is 2.28. The van der Waals surface area contributed by atoms with Crippen LogP contribution in [0, 0.1) is 0 Å². The number of hydrogen-bond acceptors (Lipinski definition) is 3. The van der Waals surface area contributed by atoms with Gasteiger partial charge in [-0.3, -0.25) is 9.69 Å². The van der Waals surface area contributed by atoms with Gasteiger partial charge in [0.2, 0.25) is 5.91 Å². The van der Waals surface area contributed by atoms with Gasteiger partial charge in [-0.1, -0.05) is 0 Å². The maximum Gasteiger partial charge on any atom is 0.317 e. The van der Waals surface area contributed by atoms with Crippen molar-refractivity contribution in [2.45, 2.75) is 57.7 Å². The fraction of sp³-hybridized carbons (Fsp3) is 0.875. The first-order chi connectivity index (χ1) is 10.6. The van der Waals surface area contributed by atoms with Gasteiger partial charge in [0.25, 0.3) is 0 Å². The third-order valence-electron chi connectivity index (χ3n) is 4.86. The van der Waals surface area contributed by atoms with E-state index in [9.17, 15) is 9.59 Å². The van der Waals surface area contributed by atoms with Crippen LogP contribution < -0.4 is 5.32 Å². The molecule has 0 spiro atoms. The van der Waals surface area contributed by atoms with E-state index < -0.39 is 0 Å². The maximum absolute atomic E-state index is 12.2. The molecule has 3 aliphatic rings. The Morgan fingerprint density at radius 2 is 2.00 bits per heavy atom. The molecule has 6 nitrogen and oxygen atoms in total. The maximum atomic E-state index is 12.2. The third-order valence-corrected chi connectivity index (χ3v) is 4.86. The summed E-state index contributed by atoms with van der Waals surface area (Å²) in [5.74, 6) is 0.102. The molecule has 1 heterocycles. The monoisotopic (exact) mass is 308 g/mol. The highest BCUT2D eigenvalue weighted by atomic mass is 16.2. The van der Waals surface area contributed by atoms with Crippen LogP contribution in [0.3, 0.4) is 0 Å². The number of nitrogens with zero attached hydrogens (tertiary/aromatic N) is 3. The molecular weight excluding hydrogens is 280 g/mol. The molecule has 6 heteroatoms. The summed E-state index contributed by atoms with van der Waals surface area (Å²) in [6, 6.07) is 1.59. The number of carbonyl (C=O) groups is 2. The number of piperazine rings is 1. The van der Waals surface area contributed by atoms with Crippen molar-refractivity contribution in [3.8, 4) is 0 Å². The Hall–Kier alpha value is -1.30. The molecule has 0 aromatic rings. The van der Waals surface area contributed by atoms with Gasteiger partial charge in [0.15, 0.2) is 0 Å². The van der Waals surface area contributed by atoms with E-state index in [-0.39, 0.29) is 18.5 Å². The second kappa shape index (κ2) is 6.44. The van der Waals surface area contributed by atoms with Crippen LogP contribution in [0.5, 0.6) is 0 Å². The van der Waals surface area contributed by atoms with Crippen molar-refractivity contribution in [3.05, 3.63) is 0 Å². The Bertz CT molecular complexity index is 430. The standard InChI is InChI=1S/C16H28N4O2/c1-12(2)19(13-3-4-13)8-7-17-16(22)18-9-10-20(14-5-6-14)15(21)11-18/h12-14H,3-11H2,1-2H3,(H,17,22). The van der Waals surface area contributed by atoms with E-state index in [0.29, 0.717) is 37.8 Å². The average Bonchev–Trinajstić information content (AvgIpc) is 3.36. The lowest BCUT2D eigenvalue weighted by Crippen LogP contribution is -2.55. The summed E-state index contributed by atoms with van der Waals surface area (Å²) < 4.78 is 0. The summed E-state index contributed by atoms with van der Waals surface area (Å²) in [7, 11) is 0. The minimum Gasteiger partial charge on any atom is -0.337 e. The molecule has 1 saturated heterocycles. The minimum atomic E-state index is -0.0942. The Kier molecular flexibility index (Phi) is 4.57. The zero-order chi connectivity index (χ0) is 15.7. The Morgan fingerprint density at radius 3 is 2.55 bits per heavy atom. The zero-order valence-corrected chi connectivity index (χ0v) is 13.8. The number of urea groups is 1. The Morgan fingerprint density at radius 1 is 1.27 bits per heavy atom. The molecule has 3 rings (SSSR count). The van der Waals surface area contributed by atoms with Crippen LogP contribution in [0.4, 0.5) is 4.79 Å². The highest BCUT2D eigenvalue weighted by molar-refractivity contribution is 5.85. The van der Waals surface area contributed by atoms with Gasteiger partial charge >= 0.3 is 6.03 Å². The molecule has 3 fully saturated rings. The first kappa shape index (κ1) is 15.6. The molecule has 124 valence electrons. The normalized spacial score (nSPS) is 22.6. The Balaban J connectivity index is 1.39. The van der Waals surface area contributed by atoms with Gasteiger partial charge in [-0.05, 0) is 39.5 Å². The summed E-state index contributed by atoms with van der Waals surface area (Å²) in [4.78, 5) is 30.3. The van der Waals surface area contributed by atoms with Crippen molar-refractivity contribution in [1.29, 1.82) is 0 Å². The number of nitrogens with one attached hydrogen (secondary N) is 1. The summed E-state index contributed by atoms with van der Waals surface area (Å²) >= 11 is 0. The van der Waals surface area contributed by atoms with Gasteiger partial charge in [0, 0.05) is 44.3 Å². The number of hydrogen-bond donors (Lipinski definition) is 1. The first-order valence-corrected chi connectivity index (χ1v) is 8.64. The molecule has 0 aromatic carbocycles.